The number of aromatic nitrogens is 2. The molecule has 10 nitrogen and oxygen atoms in total. The number of halogens is 1. The first-order chi connectivity index (χ1) is 14.0. The third-order valence-corrected chi connectivity index (χ3v) is 4.28. The van der Waals surface area contributed by atoms with E-state index < -0.39 is 37.4 Å². The van der Waals surface area contributed by atoms with E-state index in [9.17, 15) is 19.4 Å². The number of aliphatic hydroxyl groups is 2. The van der Waals surface area contributed by atoms with Gasteiger partial charge in [0.2, 0.25) is 0 Å². The molecule has 5 N–H and O–H groups in total. The molecule has 0 saturated heterocycles. The lowest BCUT2D eigenvalue weighted by atomic mass is 10.2. The van der Waals surface area contributed by atoms with Crippen LogP contribution in [0.1, 0.15) is 13.2 Å². The maximum atomic E-state index is 12.7. The van der Waals surface area contributed by atoms with Crippen LogP contribution in [-0.4, -0.2) is 58.4 Å². The minimum atomic E-state index is -1.51. The summed E-state index contributed by atoms with van der Waals surface area (Å²) < 4.78 is 30.6. The first-order valence-corrected chi connectivity index (χ1v) is 9.02. The molecule has 0 spiro atoms. The van der Waals surface area contributed by atoms with Crippen LogP contribution >= 0.6 is 0 Å². The van der Waals surface area contributed by atoms with Crippen molar-refractivity contribution in [2.24, 2.45) is 5.73 Å². The summed E-state index contributed by atoms with van der Waals surface area (Å²) in [5.41, 5.74) is 5.33. The maximum absolute atomic E-state index is 12.7. The van der Waals surface area contributed by atoms with Crippen molar-refractivity contribution in [2.45, 2.75) is 25.4 Å². The Morgan fingerprint density at radius 3 is 2.90 bits per heavy atom. The highest BCUT2D eigenvalue weighted by molar-refractivity contribution is 5.77. The maximum Gasteiger partial charge on any atom is 0.351 e. The molecule has 0 radical (unpaired) electrons. The Kier molecular flexibility index (Phi) is 6.64. The zero-order chi connectivity index (χ0) is 21.0. The first-order valence-electron chi connectivity index (χ1n) is 9.02. The minimum Gasteiger partial charge on any atom is -0.490 e. The second-order valence-electron chi connectivity index (χ2n) is 6.32. The average Bonchev–Trinajstić information content (AvgIpc) is 2.73. The molecule has 1 aliphatic heterocycles. The highest BCUT2D eigenvalue weighted by Gasteiger charge is 2.26. The number of anilines is 2. The van der Waals surface area contributed by atoms with Crippen LogP contribution in [-0.2, 0) is 4.74 Å². The number of rotatable bonds is 9. The predicted molar refractivity (Wildman–Crippen MR) is 101 cm³/mol. The molecule has 1 aliphatic rings. The van der Waals surface area contributed by atoms with Crippen molar-refractivity contribution < 1.29 is 28.8 Å². The second kappa shape index (κ2) is 9.18. The molecular weight excluding hydrogens is 387 g/mol. The van der Waals surface area contributed by atoms with E-state index in [1.165, 1.54) is 13.1 Å². The highest BCUT2D eigenvalue weighted by atomic mass is 19.1. The number of nitrogens with zero attached hydrogens (tertiary/aromatic N) is 2. The topological polar surface area (TPSA) is 141 Å². The molecule has 1 aromatic heterocycles. The van der Waals surface area contributed by atoms with Crippen LogP contribution in [0.15, 0.2) is 29.2 Å². The molecule has 2 aromatic rings. The molecule has 2 heterocycles. The van der Waals surface area contributed by atoms with Gasteiger partial charge in [-0.25, -0.2) is 9.18 Å². The Balaban J connectivity index is 1.85. The Hall–Kier alpha value is -2.73. The zero-order valence-electron chi connectivity index (χ0n) is 15.7. The third kappa shape index (κ3) is 4.48. The average molecular weight is 410 g/mol. The molecular formula is C18H23FN4O6. The quantitative estimate of drug-likeness (QED) is 0.400. The van der Waals surface area contributed by atoms with Gasteiger partial charge in [-0.3, -0.25) is 4.57 Å². The van der Waals surface area contributed by atoms with Crippen LogP contribution in [0.3, 0.4) is 0 Å². The van der Waals surface area contributed by atoms with Gasteiger partial charge in [0.05, 0.1) is 12.8 Å². The molecule has 1 unspecified atom stereocenters. The Bertz CT molecular complexity index is 908. The summed E-state index contributed by atoms with van der Waals surface area (Å²) in [7, 11) is 0. The van der Waals surface area contributed by atoms with E-state index in [1.807, 2.05) is 0 Å². The lowest BCUT2D eigenvalue weighted by Gasteiger charge is -2.26. The summed E-state index contributed by atoms with van der Waals surface area (Å²) in [6.07, 6.45) is -2.27. The lowest BCUT2D eigenvalue weighted by molar-refractivity contribution is -0.121. The number of alkyl halides is 1. The summed E-state index contributed by atoms with van der Waals surface area (Å²) in [5, 5.41) is 21.8. The smallest absolute Gasteiger partial charge is 0.351 e. The van der Waals surface area contributed by atoms with Gasteiger partial charge < -0.3 is 35.5 Å². The number of ether oxygens (including phenoxy) is 3. The van der Waals surface area contributed by atoms with Gasteiger partial charge in [0.25, 0.3) is 0 Å². The largest absolute Gasteiger partial charge is 0.490 e. The number of fused-ring (bicyclic) bond motifs is 2. The van der Waals surface area contributed by atoms with Crippen molar-refractivity contribution in [3.05, 3.63) is 34.9 Å². The van der Waals surface area contributed by atoms with Crippen molar-refractivity contribution in [1.82, 2.24) is 9.55 Å². The molecule has 11 heteroatoms. The van der Waals surface area contributed by atoms with Gasteiger partial charge in [-0.05, 0) is 19.1 Å². The minimum absolute atomic E-state index is 0.192. The first kappa shape index (κ1) is 21.0. The molecule has 158 valence electrons. The van der Waals surface area contributed by atoms with Crippen LogP contribution < -0.4 is 26.2 Å². The van der Waals surface area contributed by atoms with Gasteiger partial charge in [0, 0.05) is 6.54 Å². The summed E-state index contributed by atoms with van der Waals surface area (Å²) in [4.78, 5) is 16.4. The molecule has 0 aliphatic carbocycles. The van der Waals surface area contributed by atoms with Crippen molar-refractivity contribution in [1.29, 1.82) is 0 Å². The van der Waals surface area contributed by atoms with Crippen LogP contribution in [0.25, 0.3) is 0 Å². The predicted octanol–water partition coefficient (Wildman–Crippen LogP) is 0.656. The Labute approximate surface area is 165 Å². The van der Waals surface area contributed by atoms with Crippen LogP contribution in [0.4, 0.5) is 15.9 Å². The van der Waals surface area contributed by atoms with Crippen LogP contribution in [0.2, 0.25) is 0 Å². The number of aliphatic hydroxyl groups excluding tert-OH is 2. The summed E-state index contributed by atoms with van der Waals surface area (Å²) >= 11 is 0. The van der Waals surface area contributed by atoms with Gasteiger partial charge in [-0.2, -0.15) is 4.98 Å². The number of hydrogen-bond acceptors (Lipinski definition) is 9. The molecule has 3 rings (SSSR count). The van der Waals surface area contributed by atoms with E-state index in [-0.39, 0.29) is 11.6 Å². The molecule has 0 saturated carbocycles. The SMILES string of the molecule is CC(O[C@H](CO)[C@@H](O)CF)n1cc2c(nc1=O)Nc1c(OCCN)cccc1O2. The van der Waals surface area contributed by atoms with E-state index in [0.717, 1.165) is 4.57 Å². The number of para-hydroxylation sites is 1. The molecule has 0 amide bonds. The number of nitrogens with one attached hydrogen (secondary N) is 1. The number of nitrogens with two attached hydrogens (primary N) is 1. The Morgan fingerprint density at radius 2 is 2.21 bits per heavy atom. The van der Waals surface area contributed by atoms with Gasteiger partial charge in [0.1, 0.15) is 43.2 Å². The van der Waals surface area contributed by atoms with E-state index in [1.54, 1.807) is 18.2 Å². The normalized spacial score (nSPS) is 15.3. The van der Waals surface area contributed by atoms with Crippen molar-refractivity contribution in [2.75, 3.05) is 31.7 Å². The third-order valence-electron chi connectivity index (χ3n) is 4.28. The van der Waals surface area contributed by atoms with Gasteiger partial charge in [-0.15, -0.1) is 0 Å². The fraction of sp³-hybridized carbons (Fsp3) is 0.444. The lowest BCUT2D eigenvalue weighted by Crippen LogP contribution is -2.38. The summed E-state index contributed by atoms with van der Waals surface area (Å²) in [6.45, 7) is 0.457. The number of benzene rings is 1. The fourth-order valence-corrected chi connectivity index (χ4v) is 2.79. The number of hydrogen-bond donors (Lipinski definition) is 4. The highest BCUT2D eigenvalue weighted by Crippen LogP contribution is 2.45. The van der Waals surface area contributed by atoms with Gasteiger partial charge in [-0.1, -0.05) is 6.07 Å². The zero-order valence-corrected chi connectivity index (χ0v) is 15.7. The van der Waals surface area contributed by atoms with E-state index in [0.29, 0.717) is 30.3 Å². The Morgan fingerprint density at radius 1 is 1.41 bits per heavy atom. The van der Waals surface area contributed by atoms with Gasteiger partial charge >= 0.3 is 5.69 Å². The van der Waals surface area contributed by atoms with Crippen LogP contribution in [0, 0.1) is 0 Å². The van der Waals surface area contributed by atoms with Crippen molar-refractivity contribution >= 4 is 11.5 Å². The molecule has 29 heavy (non-hydrogen) atoms. The molecule has 0 bridgehead atoms. The van der Waals surface area contributed by atoms with Gasteiger partial charge in [0.15, 0.2) is 17.3 Å². The van der Waals surface area contributed by atoms with Crippen molar-refractivity contribution in [3.8, 4) is 17.2 Å². The summed E-state index contributed by atoms with van der Waals surface area (Å²) in [6, 6.07) is 5.20. The monoisotopic (exact) mass is 410 g/mol. The molecule has 0 fully saturated rings. The molecule has 1 aromatic carbocycles. The van der Waals surface area contributed by atoms with Crippen LogP contribution in [0.5, 0.6) is 17.2 Å². The summed E-state index contributed by atoms with van der Waals surface area (Å²) in [5.74, 6) is 1.42. The molecule has 3 atom stereocenters. The fourth-order valence-electron chi connectivity index (χ4n) is 2.79. The second-order valence-corrected chi connectivity index (χ2v) is 6.32. The standard InChI is InChI=1S/C18H23FN4O6/c1-10(28-15(9-24)11(25)7-19)23-8-14-17(22-18(23)26)21-16-12(27-6-5-20)3-2-4-13(16)29-14/h2-4,8,10-11,15,24-25H,5-7,9,20H2,1H3,(H,21,22,26)/t10?,11-,15+/m0/s1. The van der Waals surface area contributed by atoms with Crippen molar-refractivity contribution in [3.63, 3.8) is 0 Å². The van der Waals surface area contributed by atoms with E-state index in [2.05, 4.69) is 10.3 Å². The van der Waals surface area contributed by atoms with E-state index in [4.69, 9.17) is 19.9 Å². The van der Waals surface area contributed by atoms with E-state index >= 15 is 0 Å².